The quantitative estimate of drug-likeness (QED) is 0.113. The maximum atomic E-state index is 11.3. The minimum atomic E-state index is -2.21. The minimum absolute atomic E-state index is 1.05. The predicted octanol–water partition coefficient (Wildman–Crippen LogP) is -15.2. The molecule has 21 rings (SSSR count). The van der Waals surface area contributed by atoms with E-state index in [0.29, 0.717) is 0 Å². The van der Waals surface area contributed by atoms with Crippen LogP contribution >= 0.6 is 0 Å². The third-order valence-electron chi connectivity index (χ3n) is 14.8. The molecule has 448 valence electrons. The summed E-state index contributed by atoms with van der Waals surface area (Å²) in [6, 6.07) is 0. The van der Waals surface area contributed by atoms with Crippen LogP contribution in [-0.2, 0) is 66.3 Å². The van der Waals surface area contributed by atoms with Crippen molar-refractivity contribution in [2.45, 2.75) is 215 Å². The Morgan fingerprint density at radius 2 is 0.260 bits per heavy atom. The normalized spacial score (nSPS) is 55.4. The molecular weight excluding hydrogens is 1060 g/mol. The van der Waals surface area contributed by atoms with E-state index in [0.717, 1.165) is 0 Å². The lowest BCUT2D eigenvalue weighted by molar-refractivity contribution is -0.396. The lowest BCUT2D eigenvalue weighted by Crippen LogP contribution is -2.68. The highest BCUT2D eigenvalue weighted by Gasteiger charge is 2.59. The molecule has 0 aromatic rings. The highest BCUT2D eigenvalue weighted by molar-refractivity contribution is 5.01. The SMILES string of the molecule is OC[C@H]1OC2OC3[C@@H](CO)OC(OC4[C@@H](CO)OC(OC5[C@@H](CO)OC(OC6[C@@H](CO)OC(O[C@H]7[C@H](O)[C@@H](O)C(O[C@H]8[C@H](O)[C@@H](O)C(OC1[C@H](O)[C@H]2O)O[C@@H]8CO)O[C@@H]7CO)[C@H](O)[C@H]6O)[C@H](O)[C@H]5O)[C@H](O)[C@H]4O)[C@H](O)[C@H]3O. The fourth-order valence-corrected chi connectivity index (χ4v) is 10.4. The van der Waals surface area contributed by atoms with Crippen molar-refractivity contribution in [3.05, 3.63) is 0 Å². The standard InChI is InChI=1S/C42H70O35/c43-1-8-29-15(50)22(57)36(64-8)72-30-9(2-44)66-38(24(59)17(30)52)74-32-11(4-46)68-40(26(61)19(32)54)76-34-13(6-48)70-42(28(63)21(34)56)77-35-14(7-49)69-41(27(62)20(35)55)75-33-12(5-47)67-39(25(60)18(33)53)73-31-10(3-45)65-37(71-29)23(58)16(31)51/h8-63H,1-7H2/t8-,9-,10-,11-,12-,13-,14-,15-,16-,17-,18-,19-,20-,21-,22-,23-,24-,25-,26-,27-,28-,29-,30-,31?,32?,33?,34?,35?,36?,37?,38?,39?,40?,41?,42?/m1/s1. The van der Waals surface area contributed by atoms with Crippen LogP contribution in [0.15, 0.2) is 0 Å². The molecule has 0 aromatic carbocycles. The van der Waals surface area contributed by atoms with Gasteiger partial charge in [0.1, 0.15) is 171 Å². The van der Waals surface area contributed by atoms with Crippen LogP contribution in [0.3, 0.4) is 0 Å². The number of aliphatic hydroxyl groups is 21. The molecule has 21 aliphatic heterocycles. The first-order chi connectivity index (χ1) is 36.7. The lowest BCUT2D eigenvalue weighted by atomic mass is 9.95. The van der Waals surface area contributed by atoms with Crippen molar-refractivity contribution in [3.63, 3.8) is 0 Å². The molecule has 0 aliphatic carbocycles. The smallest absolute Gasteiger partial charge is 0.187 e. The average Bonchev–Trinajstić information content (AvgIpc) is 3.47. The van der Waals surface area contributed by atoms with Crippen molar-refractivity contribution in [1.29, 1.82) is 0 Å². The van der Waals surface area contributed by atoms with Gasteiger partial charge in [-0.1, -0.05) is 0 Å². The molecule has 21 saturated heterocycles. The Labute approximate surface area is 434 Å². The Morgan fingerprint density at radius 1 is 0.156 bits per heavy atom. The molecule has 21 N–H and O–H groups in total. The summed E-state index contributed by atoms with van der Waals surface area (Å²) in [6.07, 6.45) is -70.2. The number of ether oxygens (including phenoxy) is 14. The minimum Gasteiger partial charge on any atom is -0.394 e. The van der Waals surface area contributed by atoms with Crippen LogP contribution in [0.2, 0.25) is 0 Å². The largest absolute Gasteiger partial charge is 0.394 e. The van der Waals surface area contributed by atoms with E-state index in [1.54, 1.807) is 0 Å². The molecule has 21 heterocycles. The average molecular weight is 1130 g/mol. The van der Waals surface area contributed by atoms with E-state index in [4.69, 9.17) is 66.3 Å². The fraction of sp³-hybridized carbons (Fsp3) is 1.00. The third-order valence-corrected chi connectivity index (χ3v) is 14.8. The van der Waals surface area contributed by atoms with Crippen LogP contribution in [0.25, 0.3) is 0 Å². The fourth-order valence-electron chi connectivity index (χ4n) is 10.4. The Kier molecular flexibility index (Phi) is 20.8. The summed E-state index contributed by atoms with van der Waals surface area (Å²) in [5.74, 6) is 0. The molecule has 0 aromatic heterocycles. The Morgan fingerprint density at radius 3 is 0.351 bits per heavy atom. The zero-order valence-corrected chi connectivity index (χ0v) is 40.3. The van der Waals surface area contributed by atoms with Gasteiger partial charge >= 0.3 is 0 Å². The molecular formula is C42H70O35. The van der Waals surface area contributed by atoms with Gasteiger partial charge in [-0.25, -0.2) is 0 Å². The second-order valence-electron chi connectivity index (χ2n) is 19.7. The van der Waals surface area contributed by atoms with E-state index in [-0.39, 0.29) is 0 Å². The molecule has 14 bridgehead atoms. The van der Waals surface area contributed by atoms with Gasteiger partial charge < -0.3 is 174 Å². The van der Waals surface area contributed by atoms with Gasteiger partial charge in [0.25, 0.3) is 0 Å². The zero-order chi connectivity index (χ0) is 56.1. The van der Waals surface area contributed by atoms with Gasteiger partial charge in [0.15, 0.2) is 44.0 Å². The summed E-state index contributed by atoms with van der Waals surface area (Å²) in [7, 11) is 0. The van der Waals surface area contributed by atoms with Gasteiger partial charge in [-0.05, 0) is 0 Å². The van der Waals surface area contributed by atoms with E-state index in [2.05, 4.69) is 0 Å². The van der Waals surface area contributed by atoms with Crippen LogP contribution in [0.4, 0.5) is 0 Å². The number of aliphatic hydroxyl groups excluding tert-OH is 21. The van der Waals surface area contributed by atoms with E-state index < -0.39 is 261 Å². The molecule has 77 heavy (non-hydrogen) atoms. The molecule has 21 aliphatic rings. The van der Waals surface area contributed by atoms with Crippen molar-refractivity contribution in [2.24, 2.45) is 0 Å². The number of hydrogen-bond acceptors (Lipinski definition) is 35. The van der Waals surface area contributed by atoms with Gasteiger partial charge in [0.2, 0.25) is 0 Å². The highest BCUT2D eigenvalue weighted by Crippen LogP contribution is 2.39. The predicted molar refractivity (Wildman–Crippen MR) is 228 cm³/mol. The van der Waals surface area contributed by atoms with Crippen molar-refractivity contribution in [1.82, 2.24) is 0 Å². The van der Waals surface area contributed by atoms with Crippen LogP contribution < -0.4 is 0 Å². The summed E-state index contributed by atoms with van der Waals surface area (Å²) in [5.41, 5.74) is 0. The molecule has 35 atom stereocenters. The summed E-state index contributed by atoms with van der Waals surface area (Å²) in [6.45, 7) is -7.33. The first kappa shape index (κ1) is 61.7. The van der Waals surface area contributed by atoms with Gasteiger partial charge in [-0.2, -0.15) is 0 Å². The Bertz CT molecular complexity index is 1470. The van der Waals surface area contributed by atoms with Gasteiger partial charge in [0, 0.05) is 0 Å². The van der Waals surface area contributed by atoms with Gasteiger partial charge in [0.05, 0.1) is 46.2 Å². The highest BCUT2D eigenvalue weighted by atomic mass is 16.8. The molecule has 0 saturated carbocycles. The van der Waals surface area contributed by atoms with Crippen molar-refractivity contribution < 1.29 is 174 Å². The molecule has 35 nitrogen and oxygen atoms in total. The van der Waals surface area contributed by atoms with Crippen LogP contribution in [0.5, 0.6) is 0 Å². The van der Waals surface area contributed by atoms with Crippen LogP contribution in [-0.4, -0.2) is 368 Å². The second-order valence-corrected chi connectivity index (χ2v) is 19.7. The monoisotopic (exact) mass is 1130 g/mol. The first-order valence-electron chi connectivity index (χ1n) is 24.6. The molecule has 35 heteroatoms. The molecule has 12 unspecified atom stereocenters. The van der Waals surface area contributed by atoms with Crippen LogP contribution in [0.1, 0.15) is 0 Å². The summed E-state index contributed by atoms with van der Waals surface area (Å²) in [5, 5.41) is 230. The maximum absolute atomic E-state index is 11.3. The van der Waals surface area contributed by atoms with Gasteiger partial charge in [-0.15, -0.1) is 0 Å². The second kappa shape index (κ2) is 26.0. The summed E-state index contributed by atoms with van der Waals surface area (Å²) >= 11 is 0. The topological polar surface area (TPSA) is 554 Å². The van der Waals surface area contributed by atoms with Gasteiger partial charge in [-0.3, -0.25) is 0 Å². The number of rotatable bonds is 7. The van der Waals surface area contributed by atoms with Crippen molar-refractivity contribution >= 4 is 0 Å². The van der Waals surface area contributed by atoms with Crippen LogP contribution in [0, 0.1) is 0 Å². The van der Waals surface area contributed by atoms with E-state index in [9.17, 15) is 107 Å². The molecule has 0 amide bonds. The van der Waals surface area contributed by atoms with E-state index in [1.165, 1.54) is 0 Å². The Balaban J connectivity index is 1.08. The zero-order valence-electron chi connectivity index (χ0n) is 40.3. The summed E-state index contributed by atoms with van der Waals surface area (Å²) < 4.78 is 79.5. The molecule has 0 radical (unpaired) electrons. The van der Waals surface area contributed by atoms with Crippen molar-refractivity contribution in [3.8, 4) is 0 Å². The number of hydrogen-bond donors (Lipinski definition) is 21. The molecule has 0 spiro atoms. The first-order valence-corrected chi connectivity index (χ1v) is 24.6. The maximum Gasteiger partial charge on any atom is 0.187 e. The van der Waals surface area contributed by atoms with E-state index in [1.807, 2.05) is 0 Å². The molecule has 21 fully saturated rings. The summed E-state index contributed by atoms with van der Waals surface area (Å²) in [4.78, 5) is 0. The van der Waals surface area contributed by atoms with E-state index >= 15 is 0 Å². The van der Waals surface area contributed by atoms with Crippen molar-refractivity contribution in [2.75, 3.05) is 46.2 Å². The Hall–Kier alpha value is -1.40. The third kappa shape index (κ3) is 12.1. The lowest BCUT2D eigenvalue weighted by Gasteiger charge is -2.50.